The summed E-state index contributed by atoms with van der Waals surface area (Å²) in [5, 5.41) is 4.23. The van der Waals surface area contributed by atoms with Crippen LogP contribution < -0.4 is 10.2 Å². The molecule has 0 bridgehead atoms. The Morgan fingerprint density at radius 1 is 1.35 bits per heavy atom. The summed E-state index contributed by atoms with van der Waals surface area (Å²) >= 11 is 7.43. The van der Waals surface area contributed by atoms with Gasteiger partial charge in [0.05, 0.1) is 18.0 Å². The largest absolute Gasteiger partial charge is 0.462 e. The molecule has 2 aromatic rings. The van der Waals surface area contributed by atoms with Crippen molar-refractivity contribution < 1.29 is 14.3 Å². The van der Waals surface area contributed by atoms with Crippen molar-refractivity contribution in [3.8, 4) is 0 Å². The molecule has 0 aliphatic carbocycles. The number of hydrogen-bond acceptors (Lipinski definition) is 8. The molecule has 31 heavy (non-hydrogen) atoms. The van der Waals surface area contributed by atoms with Gasteiger partial charge in [0.25, 0.3) is 5.91 Å². The second kappa shape index (κ2) is 9.97. The van der Waals surface area contributed by atoms with Gasteiger partial charge in [0.2, 0.25) is 0 Å². The molecule has 0 spiro atoms. The van der Waals surface area contributed by atoms with E-state index in [-0.39, 0.29) is 29.8 Å². The van der Waals surface area contributed by atoms with Crippen molar-refractivity contribution in [3.05, 3.63) is 27.2 Å². The number of nitrogens with zero attached hydrogens (tertiary/aromatic N) is 4. The van der Waals surface area contributed by atoms with Gasteiger partial charge >= 0.3 is 5.97 Å². The summed E-state index contributed by atoms with van der Waals surface area (Å²) in [5.74, 6) is -0.364. The number of amides is 1. The van der Waals surface area contributed by atoms with Gasteiger partial charge in [0.15, 0.2) is 16.1 Å². The highest BCUT2D eigenvalue weighted by Gasteiger charge is 2.34. The third-order valence-electron chi connectivity index (χ3n) is 5.38. The van der Waals surface area contributed by atoms with Crippen molar-refractivity contribution >= 4 is 39.9 Å². The van der Waals surface area contributed by atoms with Crippen LogP contribution in [0.3, 0.4) is 0 Å². The summed E-state index contributed by atoms with van der Waals surface area (Å²) in [5.41, 5.74) is 1.43. The van der Waals surface area contributed by atoms with Crippen molar-refractivity contribution in [1.29, 1.82) is 0 Å². The van der Waals surface area contributed by atoms with Crippen molar-refractivity contribution in [3.63, 3.8) is 0 Å². The van der Waals surface area contributed by atoms with E-state index in [9.17, 15) is 9.59 Å². The Hall–Kier alpha value is -2.17. The molecule has 11 heteroatoms. The van der Waals surface area contributed by atoms with Crippen molar-refractivity contribution in [1.82, 2.24) is 25.2 Å². The average Bonchev–Trinajstić information content (AvgIpc) is 3.30. The fourth-order valence-corrected chi connectivity index (χ4v) is 4.93. The fourth-order valence-electron chi connectivity index (χ4n) is 3.67. The lowest BCUT2D eigenvalue weighted by Gasteiger charge is -2.41. The van der Waals surface area contributed by atoms with Crippen LogP contribution >= 0.6 is 22.9 Å². The van der Waals surface area contributed by atoms with Gasteiger partial charge < -0.3 is 24.8 Å². The first kappa shape index (κ1) is 23.5. The van der Waals surface area contributed by atoms with E-state index in [2.05, 4.69) is 30.1 Å². The molecule has 0 aromatic carbocycles. The number of carbonyl (C=O) groups is 2. The summed E-state index contributed by atoms with van der Waals surface area (Å²) in [6, 6.07) is 0.00215. The molecular weight excluding hydrogens is 440 g/mol. The molecular formula is C20H29ClN6O3S. The lowest BCUT2D eigenvalue weighted by atomic mass is 9.98. The van der Waals surface area contributed by atoms with Gasteiger partial charge in [-0.3, -0.25) is 4.79 Å². The van der Waals surface area contributed by atoms with Gasteiger partial charge in [-0.15, -0.1) is 0 Å². The number of esters is 1. The van der Waals surface area contributed by atoms with Crippen LogP contribution in [-0.2, 0) is 11.2 Å². The fraction of sp³-hybridized carbons (Fsp3) is 0.600. The third kappa shape index (κ3) is 5.19. The van der Waals surface area contributed by atoms with Crippen molar-refractivity contribution in [2.75, 3.05) is 38.7 Å². The summed E-state index contributed by atoms with van der Waals surface area (Å²) in [7, 11) is 3.98. The second-order valence-electron chi connectivity index (χ2n) is 7.69. The summed E-state index contributed by atoms with van der Waals surface area (Å²) in [4.78, 5) is 41.4. The van der Waals surface area contributed by atoms with Gasteiger partial charge in [0.1, 0.15) is 4.88 Å². The van der Waals surface area contributed by atoms with Crippen molar-refractivity contribution in [2.45, 2.75) is 45.7 Å². The molecule has 1 aliphatic rings. The number of thiazole rings is 1. The SMILES string of the molecule is CCOC(=O)c1sc(N2CC[C@@H](NC(=O)c3nc(Cl)c(CC)[nH]3)[C@@H](N(C)C)C2)nc1C. The van der Waals surface area contributed by atoms with E-state index in [0.717, 1.165) is 17.2 Å². The lowest BCUT2D eigenvalue weighted by molar-refractivity contribution is 0.0531. The molecule has 0 saturated carbocycles. The number of hydrogen-bond donors (Lipinski definition) is 2. The van der Waals surface area contributed by atoms with E-state index in [1.165, 1.54) is 11.3 Å². The van der Waals surface area contributed by atoms with Crippen LogP contribution in [-0.4, -0.2) is 77.6 Å². The normalized spacial score (nSPS) is 19.0. The number of aromatic nitrogens is 3. The molecule has 1 amide bonds. The van der Waals surface area contributed by atoms with E-state index in [0.29, 0.717) is 41.8 Å². The number of aryl methyl sites for hydroxylation is 2. The zero-order chi connectivity index (χ0) is 22.7. The Balaban J connectivity index is 1.71. The maximum absolute atomic E-state index is 12.7. The Bertz CT molecular complexity index is 943. The molecule has 1 fully saturated rings. The Morgan fingerprint density at radius 3 is 2.71 bits per heavy atom. The van der Waals surface area contributed by atoms with E-state index < -0.39 is 0 Å². The number of likely N-dealkylation sites (N-methyl/N-ethyl adjacent to an activating group) is 1. The van der Waals surface area contributed by atoms with E-state index in [4.69, 9.17) is 16.3 Å². The molecule has 2 N–H and O–H groups in total. The Labute approximate surface area is 191 Å². The molecule has 1 aliphatic heterocycles. The van der Waals surface area contributed by atoms with Crippen LogP contribution in [0.4, 0.5) is 5.13 Å². The van der Waals surface area contributed by atoms with Gasteiger partial charge in [0, 0.05) is 25.2 Å². The monoisotopic (exact) mass is 468 g/mol. The number of piperidine rings is 1. The predicted octanol–water partition coefficient (Wildman–Crippen LogP) is 2.51. The Morgan fingerprint density at radius 2 is 2.10 bits per heavy atom. The lowest BCUT2D eigenvalue weighted by Crippen LogP contribution is -2.59. The number of aromatic amines is 1. The smallest absolute Gasteiger partial charge is 0.350 e. The average molecular weight is 469 g/mol. The predicted molar refractivity (Wildman–Crippen MR) is 121 cm³/mol. The number of nitrogens with one attached hydrogen (secondary N) is 2. The van der Waals surface area contributed by atoms with E-state index >= 15 is 0 Å². The van der Waals surface area contributed by atoms with Crippen LogP contribution in [0.2, 0.25) is 5.15 Å². The van der Waals surface area contributed by atoms with Gasteiger partial charge in [-0.05, 0) is 40.8 Å². The molecule has 170 valence electrons. The molecule has 2 atom stereocenters. The number of anilines is 1. The van der Waals surface area contributed by atoms with Crippen LogP contribution in [0.25, 0.3) is 0 Å². The zero-order valence-electron chi connectivity index (χ0n) is 18.5. The van der Waals surface area contributed by atoms with Crippen molar-refractivity contribution in [2.24, 2.45) is 0 Å². The summed E-state index contributed by atoms with van der Waals surface area (Å²) < 4.78 is 5.13. The molecule has 3 heterocycles. The number of rotatable bonds is 7. The van der Waals surface area contributed by atoms with E-state index in [1.54, 1.807) is 6.92 Å². The third-order valence-corrected chi connectivity index (χ3v) is 6.89. The van der Waals surface area contributed by atoms with Crippen LogP contribution in [0.15, 0.2) is 0 Å². The van der Waals surface area contributed by atoms with Crippen LogP contribution in [0, 0.1) is 6.92 Å². The number of imidazole rings is 1. The number of ether oxygens (including phenoxy) is 1. The topological polar surface area (TPSA) is 103 Å². The summed E-state index contributed by atoms with van der Waals surface area (Å²) in [6.45, 7) is 7.28. The minimum absolute atomic E-state index is 0.0571. The molecule has 1 saturated heterocycles. The maximum Gasteiger partial charge on any atom is 0.350 e. The first-order valence-electron chi connectivity index (χ1n) is 10.4. The maximum atomic E-state index is 12.7. The molecule has 3 rings (SSSR count). The summed E-state index contributed by atoms with van der Waals surface area (Å²) in [6.07, 6.45) is 1.41. The zero-order valence-corrected chi connectivity index (χ0v) is 20.1. The highest BCUT2D eigenvalue weighted by molar-refractivity contribution is 7.17. The second-order valence-corrected chi connectivity index (χ2v) is 9.02. The molecule has 2 aromatic heterocycles. The number of carbonyl (C=O) groups excluding carboxylic acids is 2. The van der Waals surface area contributed by atoms with Gasteiger partial charge in [-0.1, -0.05) is 29.9 Å². The van der Waals surface area contributed by atoms with Gasteiger partial charge in [-0.2, -0.15) is 0 Å². The number of H-pyrrole nitrogens is 1. The first-order chi connectivity index (χ1) is 14.7. The molecule has 0 radical (unpaired) electrons. The number of halogens is 1. The van der Waals surface area contributed by atoms with Crippen LogP contribution in [0.5, 0.6) is 0 Å². The van der Waals surface area contributed by atoms with E-state index in [1.807, 2.05) is 27.9 Å². The Kier molecular flexibility index (Phi) is 7.55. The molecule has 9 nitrogen and oxygen atoms in total. The minimum Gasteiger partial charge on any atom is -0.462 e. The quantitative estimate of drug-likeness (QED) is 0.601. The van der Waals surface area contributed by atoms with Gasteiger partial charge in [-0.25, -0.2) is 14.8 Å². The molecule has 0 unspecified atom stereocenters. The highest BCUT2D eigenvalue weighted by Crippen LogP contribution is 2.30. The van der Waals surface area contributed by atoms with Crippen LogP contribution in [0.1, 0.15) is 51.9 Å². The highest BCUT2D eigenvalue weighted by atomic mass is 35.5. The standard InChI is InChI=1S/C20H29ClN6O3S/c1-6-12-16(21)25-17(23-12)18(28)24-13-8-9-27(10-14(13)26(4)5)20-22-11(3)15(31-20)19(29)30-7-2/h13-14H,6-10H2,1-5H3,(H,23,25)(H,24,28)/t13-,14+/m1/s1. The minimum atomic E-state index is -0.335. The first-order valence-corrected chi connectivity index (χ1v) is 11.6.